The predicted octanol–water partition coefficient (Wildman–Crippen LogP) is 0.698. The maximum Gasteiger partial charge on any atom is 0.534 e. The normalized spacial score (nSPS) is 20.4. The Morgan fingerprint density at radius 2 is 2.17 bits per heavy atom. The minimum atomic E-state index is -5.74. The number of alkyl halides is 3. The van der Waals surface area contributed by atoms with Crippen molar-refractivity contribution in [1.29, 1.82) is 0 Å². The molecule has 1 unspecified atom stereocenters. The maximum atomic E-state index is 12.0. The Balaban J connectivity index is 2.72. The number of halogens is 3. The van der Waals surface area contributed by atoms with E-state index >= 15 is 0 Å². The highest BCUT2D eigenvalue weighted by molar-refractivity contribution is 7.87. The van der Waals surface area contributed by atoms with Gasteiger partial charge in [0.15, 0.2) is 6.10 Å². The first-order chi connectivity index (χ1) is 8.17. The average molecular weight is 290 g/mol. The molecule has 0 aliphatic carbocycles. The van der Waals surface area contributed by atoms with E-state index in [9.17, 15) is 26.4 Å². The van der Waals surface area contributed by atoms with Crippen molar-refractivity contribution >= 4 is 16.1 Å². The van der Waals surface area contributed by atoms with Gasteiger partial charge < -0.3 is 13.7 Å². The molecular formula is C8H9F3O6S. The summed E-state index contributed by atoms with van der Waals surface area (Å²) in [4.78, 5) is 11.1. The minimum Gasteiger partial charge on any atom is -0.464 e. The van der Waals surface area contributed by atoms with Gasteiger partial charge in [0.2, 0.25) is 0 Å². The maximum absolute atomic E-state index is 12.0. The highest BCUT2D eigenvalue weighted by Crippen LogP contribution is 2.28. The molecule has 0 amide bonds. The lowest BCUT2D eigenvalue weighted by Gasteiger charge is -2.08. The second-order valence-corrected chi connectivity index (χ2v) is 4.64. The van der Waals surface area contributed by atoms with Gasteiger partial charge in [-0.15, -0.1) is 0 Å². The fourth-order valence-corrected chi connectivity index (χ4v) is 1.52. The smallest absolute Gasteiger partial charge is 0.464 e. The van der Waals surface area contributed by atoms with E-state index in [2.05, 4.69) is 8.92 Å². The summed E-state index contributed by atoms with van der Waals surface area (Å²) in [7, 11) is -5.74. The van der Waals surface area contributed by atoms with E-state index in [1.54, 1.807) is 0 Å². The fourth-order valence-electron chi connectivity index (χ4n) is 1.04. The number of ether oxygens (including phenoxy) is 2. The Labute approximate surface area is 100 Å². The summed E-state index contributed by atoms with van der Waals surface area (Å²) in [6.45, 7) is 1.03. The van der Waals surface area contributed by atoms with Gasteiger partial charge in [-0.25, -0.2) is 4.79 Å². The molecule has 0 N–H and O–H groups in total. The fraction of sp³-hybridized carbons (Fsp3) is 0.625. The third kappa shape index (κ3) is 3.35. The SMILES string of the molecule is CCOC(=O)C1C=C(OS(=O)(=O)C(F)(F)F)CO1. The third-order valence-corrected chi connectivity index (χ3v) is 2.76. The lowest BCUT2D eigenvalue weighted by molar-refractivity contribution is -0.152. The molecule has 1 aliphatic rings. The predicted molar refractivity (Wildman–Crippen MR) is 50.5 cm³/mol. The quantitative estimate of drug-likeness (QED) is 0.431. The van der Waals surface area contributed by atoms with Crippen LogP contribution in [0, 0.1) is 0 Å². The van der Waals surface area contributed by atoms with Crippen molar-refractivity contribution in [2.75, 3.05) is 13.2 Å². The highest BCUT2D eigenvalue weighted by atomic mass is 32.2. The zero-order valence-electron chi connectivity index (χ0n) is 9.06. The molecule has 1 atom stereocenters. The zero-order valence-corrected chi connectivity index (χ0v) is 9.88. The molecule has 0 aromatic rings. The van der Waals surface area contributed by atoms with Crippen LogP contribution >= 0.6 is 0 Å². The third-order valence-electron chi connectivity index (χ3n) is 1.76. The molecule has 0 aromatic heterocycles. The molecule has 1 heterocycles. The molecule has 1 aliphatic heterocycles. The van der Waals surface area contributed by atoms with Gasteiger partial charge in [-0.05, 0) is 13.0 Å². The molecule has 104 valence electrons. The molecule has 0 radical (unpaired) electrons. The number of hydrogen-bond donors (Lipinski definition) is 0. The number of carbonyl (C=O) groups is 1. The Kier molecular flexibility index (Phi) is 4.22. The van der Waals surface area contributed by atoms with Gasteiger partial charge in [-0.3, -0.25) is 0 Å². The summed E-state index contributed by atoms with van der Waals surface area (Å²) in [6.07, 6.45) is -0.440. The van der Waals surface area contributed by atoms with Gasteiger partial charge in [0.25, 0.3) is 0 Å². The highest BCUT2D eigenvalue weighted by Gasteiger charge is 2.49. The van der Waals surface area contributed by atoms with Gasteiger partial charge >= 0.3 is 21.6 Å². The first-order valence-corrected chi connectivity index (χ1v) is 6.08. The Hall–Kier alpha value is -1.29. The summed E-state index contributed by atoms with van der Waals surface area (Å²) in [6, 6.07) is 0. The molecule has 0 fully saturated rings. The van der Waals surface area contributed by atoms with E-state index in [0.717, 1.165) is 6.08 Å². The molecule has 18 heavy (non-hydrogen) atoms. The summed E-state index contributed by atoms with van der Waals surface area (Å²) in [5.41, 5.74) is -5.53. The van der Waals surface area contributed by atoms with E-state index < -0.39 is 40.1 Å². The van der Waals surface area contributed by atoms with Gasteiger partial charge in [0.1, 0.15) is 12.4 Å². The van der Waals surface area contributed by atoms with E-state index in [1.165, 1.54) is 6.92 Å². The average Bonchev–Trinajstić information content (AvgIpc) is 2.64. The summed E-state index contributed by atoms with van der Waals surface area (Å²) < 4.78 is 70.3. The van der Waals surface area contributed by atoms with Crippen LogP contribution in [0.15, 0.2) is 11.8 Å². The van der Waals surface area contributed by atoms with Crippen LogP contribution in [0.3, 0.4) is 0 Å². The van der Waals surface area contributed by atoms with Gasteiger partial charge in [0.05, 0.1) is 6.61 Å². The van der Waals surface area contributed by atoms with Crippen molar-refractivity contribution in [2.45, 2.75) is 18.5 Å². The van der Waals surface area contributed by atoms with Gasteiger partial charge in [0, 0.05) is 0 Å². The Morgan fingerprint density at radius 3 is 2.67 bits per heavy atom. The van der Waals surface area contributed by atoms with Crippen molar-refractivity contribution < 1.29 is 40.0 Å². The molecule has 0 saturated heterocycles. The lowest BCUT2D eigenvalue weighted by atomic mass is 10.3. The van der Waals surface area contributed by atoms with Crippen molar-refractivity contribution in [1.82, 2.24) is 0 Å². The first kappa shape index (κ1) is 14.8. The topological polar surface area (TPSA) is 78.9 Å². The van der Waals surface area contributed by atoms with Crippen LogP contribution in [0.25, 0.3) is 0 Å². The van der Waals surface area contributed by atoms with Gasteiger partial charge in [-0.2, -0.15) is 21.6 Å². The summed E-state index contributed by atoms with van der Waals surface area (Å²) >= 11 is 0. The standard InChI is InChI=1S/C8H9F3O6S/c1-2-15-7(12)6-3-5(4-16-6)17-18(13,14)8(9,10)11/h3,6H,2,4H2,1H3. The van der Waals surface area contributed by atoms with Crippen LogP contribution in [0.1, 0.15) is 6.92 Å². The molecule has 0 saturated carbocycles. The van der Waals surface area contributed by atoms with E-state index in [-0.39, 0.29) is 6.61 Å². The van der Waals surface area contributed by atoms with E-state index in [1.807, 2.05) is 0 Å². The molecular weight excluding hydrogens is 281 g/mol. The minimum absolute atomic E-state index is 0.0591. The van der Waals surface area contributed by atoms with Crippen LogP contribution in [0.2, 0.25) is 0 Å². The largest absolute Gasteiger partial charge is 0.534 e. The molecule has 10 heteroatoms. The summed E-state index contributed by atoms with van der Waals surface area (Å²) in [5.74, 6) is -1.44. The second kappa shape index (κ2) is 5.14. The number of esters is 1. The molecule has 0 bridgehead atoms. The van der Waals surface area contributed by atoms with Crippen molar-refractivity contribution in [2.24, 2.45) is 0 Å². The number of carbonyl (C=O) groups excluding carboxylic acids is 1. The summed E-state index contributed by atoms with van der Waals surface area (Å²) in [5, 5.41) is 0. The van der Waals surface area contributed by atoms with Crippen molar-refractivity contribution in [3.8, 4) is 0 Å². The second-order valence-electron chi connectivity index (χ2n) is 3.10. The van der Waals surface area contributed by atoms with Crippen molar-refractivity contribution in [3.63, 3.8) is 0 Å². The van der Waals surface area contributed by atoms with E-state index in [4.69, 9.17) is 4.74 Å². The van der Waals surface area contributed by atoms with Crippen molar-refractivity contribution in [3.05, 3.63) is 11.8 Å². The van der Waals surface area contributed by atoms with Gasteiger partial charge in [-0.1, -0.05) is 0 Å². The first-order valence-electron chi connectivity index (χ1n) is 4.67. The molecule has 6 nitrogen and oxygen atoms in total. The van der Waals surface area contributed by atoms with Crippen LogP contribution in [-0.2, 0) is 28.6 Å². The van der Waals surface area contributed by atoms with Crippen LogP contribution in [0.4, 0.5) is 13.2 Å². The number of rotatable bonds is 4. The lowest BCUT2D eigenvalue weighted by Crippen LogP contribution is -2.25. The van der Waals surface area contributed by atoms with Crippen LogP contribution in [0.5, 0.6) is 0 Å². The molecule has 1 rings (SSSR count). The van der Waals surface area contributed by atoms with Crippen LogP contribution in [-0.4, -0.2) is 39.2 Å². The Morgan fingerprint density at radius 1 is 1.56 bits per heavy atom. The zero-order chi connectivity index (χ0) is 14.0. The van der Waals surface area contributed by atoms with E-state index in [0.29, 0.717) is 0 Å². The van der Waals surface area contributed by atoms with Crippen LogP contribution < -0.4 is 0 Å². The molecule has 0 spiro atoms. The Bertz CT molecular complexity index is 452. The molecule has 0 aromatic carbocycles. The monoisotopic (exact) mass is 290 g/mol. The number of hydrogen-bond acceptors (Lipinski definition) is 6.